The molecule has 0 heterocycles. The third-order valence-corrected chi connectivity index (χ3v) is 5.23. The summed E-state index contributed by atoms with van der Waals surface area (Å²) in [4.78, 5) is 14.5. The first-order valence-electron chi connectivity index (χ1n) is 8.04. The number of hydrogen-bond acceptors (Lipinski definition) is 4. The molecule has 0 saturated heterocycles. The molecule has 0 aliphatic rings. The monoisotopic (exact) mass is 361 g/mol. The quantitative estimate of drug-likeness (QED) is 0.792. The maximum absolute atomic E-state index is 12.6. The fourth-order valence-corrected chi connectivity index (χ4v) is 3.09. The number of hydrogen-bond donors (Lipinski definition) is 0. The minimum absolute atomic E-state index is 0.109. The number of nitrogens with zero attached hydrogens (tertiary/aromatic N) is 1. The van der Waals surface area contributed by atoms with Crippen LogP contribution in [0.1, 0.15) is 35.8 Å². The zero-order valence-electron chi connectivity index (χ0n) is 14.9. The van der Waals surface area contributed by atoms with Crippen LogP contribution in [0.15, 0.2) is 53.4 Å². The number of ether oxygens (including phenoxy) is 1. The Kier molecular flexibility index (Phi) is 5.85. The normalized spacial score (nSPS) is 12.5. The van der Waals surface area contributed by atoms with E-state index in [1.807, 2.05) is 13.8 Å². The molecule has 1 atom stereocenters. The molecule has 2 aromatic carbocycles. The Balaban J connectivity index is 2.15. The van der Waals surface area contributed by atoms with Gasteiger partial charge in [-0.2, -0.15) is 0 Å². The molecule has 0 aliphatic carbocycles. The molecule has 25 heavy (non-hydrogen) atoms. The summed E-state index contributed by atoms with van der Waals surface area (Å²) in [5.74, 6) is 0.619. The fourth-order valence-electron chi connectivity index (χ4n) is 2.46. The number of carbonyl (C=O) groups is 1. The molecular formula is C19H23NO4S. The van der Waals surface area contributed by atoms with Crippen LogP contribution in [-0.4, -0.2) is 39.1 Å². The maximum atomic E-state index is 12.6. The molecule has 0 spiro atoms. The van der Waals surface area contributed by atoms with Crippen LogP contribution in [0.25, 0.3) is 0 Å². The molecular weight excluding hydrogens is 338 g/mol. The van der Waals surface area contributed by atoms with Gasteiger partial charge in [0, 0.05) is 18.9 Å². The number of carbonyl (C=O) groups excluding carboxylic acids is 1. The SMILES string of the molecule is CCOc1ccc(C(=O)N(C)C(C)c2ccc(S(C)(=O)=O)cc2)cc1. The lowest BCUT2D eigenvalue weighted by molar-refractivity contribution is 0.0742. The molecule has 0 saturated carbocycles. The third kappa shape index (κ3) is 4.60. The molecule has 2 aromatic rings. The van der Waals surface area contributed by atoms with Gasteiger partial charge >= 0.3 is 0 Å². The van der Waals surface area contributed by atoms with Gasteiger partial charge in [-0.1, -0.05) is 12.1 Å². The number of rotatable bonds is 6. The summed E-state index contributed by atoms with van der Waals surface area (Å²) >= 11 is 0. The first-order chi connectivity index (χ1) is 11.7. The summed E-state index contributed by atoms with van der Waals surface area (Å²) in [5.41, 5.74) is 1.44. The van der Waals surface area contributed by atoms with Crippen molar-refractivity contribution >= 4 is 15.7 Å². The van der Waals surface area contributed by atoms with E-state index in [1.165, 1.54) is 6.26 Å². The summed E-state index contributed by atoms with van der Waals surface area (Å²) in [6.45, 7) is 4.39. The second kappa shape index (κ2) is 7.70. The molecule has 2 rings (SSSR count). The summed E-state index contributed by atoms with van der Waals surface area (Å²) in [5, 5.41) is 0. The van der Waals surface area contributed by atoms with Gasteiger partial charge in [0.05, 0.1) is 17.5 Å². The van der Waals surface area contributed by atoms with Gasteiger partial charge < -0.3 is 9.64 Å². The zero-order chi connectivity index (χ0) is 18.6. The Morgan fingerprint density at radius 3 is 2.12 bits per heavy atom. The molecule has 0 N–H and O–H groups in total. The fraction of sp³-hybridized carbons (Fsp3) is 0.316. The summed E-state index contributed by atoms with van der Waals surface area (Å²) in [7, 11) is -1.50. The molecule has 1 amide bonds. The Morgan fingerprint density at radius 1 is 1.08 bits per heavy atom. The lowest BCUT2D eigenvalue weighted by atomic mass is 10.1. The van der Waals surface area contributed by atoms with E-state index < -0.39 is 9.84 Å². The van der Waals surface area contributed by atoms with Crippen LogP contribution in [-0.2, 0) is 9.84 Å². The third-order valence-electron chi connectivity index (χ3n) is 4.10. The first-order valence-corrected chi connectivity index (χ1v) is 9.93. The van der Waals surface area contributed by atoms with Crippen molar-refractivity contribution < 1.29 is 17.9 Å². The van der Waals surface area contributed by atoms with Crippen LogP contribution in [0, 0.1) is 0 Å². The molecule has 0 fully saturated rings. The molecule has 0 aliphatic heterocycles. The predicted octanol–water partition coefficient (Wildman–Crippen LogP) is 3.32. The highest BCUT2D eigenvalue weighted by atomic mass is 32.2. The van der Waals surface area contributed by atoms with Gasteiger partial charge in [-0.3, -0.25) is 4.79 Å². The summed E-state index contributed by atoms with van der Waals surface area (Å²) in [6.07, 6.45) is 1.17. The molecule has 134 valence electrons. The molecule has 0 bridgehead atoms. The van der Waals surface area contributed by atoms with E-state index in [4.69, 9.17) is 4.74 Å². The topological polar surface area (TPSA) is 63.7 Å². The van der Waals surface area contributed by atoms with Crippen LogP contribution in [0.5, 0.6) is 5.75 Å². The highest BCUT2D eigenvalue weighted by Crippen LogP contribution is 2.23. The van der Waals surface area contributed by atoms with Crippen molar-refractivity contribution in [3.05, 3.63) is 59.7 Å². The lowest BCUT2D eigenvalue weighted by Crippen LogP contribution is -2.29. The lowest BCUT2D eigenvalue weighted by Gasteiger charge is -2.25. The van der Waals surface area contributed by atoms with Crippen molar-refractivity contribution in [2.24, 2.45) is 0 Å². The summed E-state index contributed by atoms with van der Waals surface area (Å²) in [6, 6.07) is 13.4. The second-order valence-corrected chi connectivity index (χ2v) is 7.91. The van der Waals surface area contributed by atoms with E-state index in [0.29, 0.717) is 12.2 Å². The minimum Gasteiger partial charge on any atom is -0.494 e. The number of sulfone groups is 1. The Morgan fingerprint density at radius 2 is 1.64 bits per heavy atom. The zero-order valence-corrected chi connectivity index (χ0v) is 15.7. The Hall–Kier alpha value is -2.34. The van der Waals surface area contributed by atoms with Crippen LogP contribution >= 0.6 is 0 Å². The maximum Gasteiger partial charge on any atom is 0.254 e. The van der Waals surface area contributed by atoms with E-state index in [-0.39, 0.29) is 16.8 Å². The predicted molar refractivity (Wildman–Crippen MR) is 97.7 cm³/mol. The molecule has 0 radical (unpaired) electrons. The van der Waals surface area contributed by atoms with Crippen molar-refractivity contribution in [3.63, 3.8) is 0 Å². The first kappa shape index (κ1) is 19.0. The van der Waals surface area contributed by atoms with E-state index in [1.54, 1.807) is 60.5 Å². The van der Waals surface area contributed by atoms with E-state index in [9.17, 15) is 13.2 Å². The van der Waals surface area contributed by atoms with E-state index >= 15 is 0 Å². The van der Waals surface area contributed by atoms with Crippen molar-refractivity contribution in [1.29, 1.82) is 0 Å². The van der Waals surface area contributed by atoms with Crippen molar-refractivity contribution in [2.45, 2.75) is 24.8 Å². The largest absolute Gasteiger partial charge is 0.494 e. The van der Waals surface area contributed by atoms with Crippen LogP contribution in [0.4, 0.5) is 0 Å². The molecule has 5 nitrogen and oxygen atoms in total. The van der Waals surface area contributed by atoms with E-state index in [0.717, 1.165) is 11.3 Å². The van der Waals surface area contributed by atoms with Gasteiger partial charge in [0.1, 0.15) is 5.75 Å². The Bertz CT molecular complexity index is 827. The van der Waals surface area contributed by atoms with Gasteiger partial charge in [0.15, 0.2) is 9.84 Å². The summed E-state index contributed by atoms with van der Waals surface area (Å²) < 4.78 is 28.5. The molecule has 0 aromatic heterocycles. The molecule has 1 unspecified atom stereocenters. The van der Waals surface area contributed by atoms with Crippen molar-refractivity contribution in [1.82, 2.24) is 4.90 Å². The highest BCUT2D eigenvalue weighted by Gasteiger charge is 2.19. The highest BCUT2D eigenvalue weighted by molar-refractivity contribution is 7.90. The smallest absolute Gasteiger partial charge is 0.254 e. The van der Waals surface area contributed by atoms with Crippen molar-refractivity contribution in [3.8, 4) is 5.75 Å². The van der Waals surface area contributed by atoms with Crippen LogP contribution in [0.3, 0.4) is 0 Å². The second-order valence-electron chi connectivity index (χ2n) is 5.89. The van der Waals surface area contributed by atoms with Gasteiger partial charge in [0.25, 0.3) is 5.91 Å². The van der Waals surface area contributed by atoms with Crippen LogP contribution < -0.4 is 4.74 Å². The minimum atomic E-state index is -3.23. The van der Waals surface area contributed by atoms with Crippen LogP contribution in [0.2, 0.25) is 0 Å². The number of benzene rings is 2. The Labute approximate surface area is 149 Å². The van der Waals surface area contributed by atoms with Gasteiger partial charge in [-0.05, 0) is 55.8 Å². The average molecular weight is 361 g/mol. The van der Waals surface area contributed by atoms with Crippen molar-refractivity contribution in [2.75, 3.05) is 19.9 Å². The average Bonchev–Trinajstić information content (AvgIpc) is 2.60. The van der Waals surface area contributed by atoms with Gasteiger partial charge in [-0.15, -0.1) is 0 Å². The van der Waals surface area contributed by atoms with E-state index in [2.05, 4.69) is 0 Å². The molecule has 6 heteroatoms. The van der Waals surface area contributed by atoms with Gasteiger partial charge in [0.2, 0.25) is 0 Å². The van der Waals surface area contributed by atoms with Gasteiger partial charge in [-0.25, -0.2) is 8.42 Å². The standard InChI is InChI=1S/C19H23NO4S/c1-5-24-17-10-6-16(7-11-17)19(21)20(3)14(2)15-8-12-18(13-9-15)25(4,22)23/h6-14H,5H2,1-4H3. The number of amides is 1.